The average Bonchev–Trinajstić information content (AvgIpc) is 3.59. The zero-order chi connectivity index (χ0) is 31.3. The Bertz CT molecular complexity index is 1660. The predicted molar refractivity (Wildman–Crippen MR) is 170 cm³/mol. The summed E-state index contributed by atoms with van der Waals surface area (Å²) in [5, 5.41) is -0.121. The van der Waals surface area contributed by atoms with Gasteiger partial charge < -0.3 is 9.47 Å². The van der Waals surface area contributed by atoms with Gasteiger partial charge in [0.1, 0.15) is 11.4 Å². The molecule has 1 aromatic heterocycles. The van der Waals surface area contributed by atoms with Crippen molar-refractivity contribution in [2.45, 2.75) is 82.4 Å². The van der Waals surface area contributed by atoms with Gasteiger partial charge in [-0.25, -0.2) is 13.4 Å². The first-order chi connectivity index (χ1) is 21.2. The Morgan fingerprint density at radius 2 is 1.86 bits per heavy atom. The fourth-order valence-corrected chi connectivity index (χ4v) is 7.27. The monoisotopic (exact) mass is 639 g/mol. The summed E-state index contributed by atoms with van der Waals surface area (Å²) < 4.78 is 41.0. The van der Waals surface area contributed by atoms with Crippen molar-refractivity contribution in [3.63, 3.8) is 0 Å². The number of unbranched alkanes of at least 4 members (excludes halogenated alkanes) is 1. The number of carbonyl (C=O) groups is 1. The number of hydrogen-bond acceptors (Lipinski definition) is 8. The number of rotatable bonds is 13. The summed E-state index contributed by atoms with van der Waals surface area (Å²) in [5.74, 6) is 1.04. The van der Waals surface area contributed by atoms with Crippen LogP contribution in [0.2, 0.25) is 5.28 Å². The van der Waals surface area contributed by atoms with Crippen molar-refractivity contribution in [3.8, 4) is 16.9 Å². The first-order valence-electron chi connectivity index (χ1n) is 15.0. The number of aliphatic imine (C=N–C) groups is 1. The van der Waals surface area contributed by atoms with Crippen LogP contribution in [0.5, 0.6) is 5.75 Å². The first-order valence-corrected chi connectivity index (χ1v) is 16.9. The Morgan fingerprint density at radius 3 is 2.59 bits per heavy atom. The molecule has 0 radical (unpaired) electrons. The lowest BCUT2D eigenvalue weighted by Crippen LogP contribution is -2.40. The Morgan fingerprint density at radius 1 is 1.09 bits per heavy atom. The standard InChI is InChI=1S/C32H38ClN5O5S/c1-4-6-13-28-36-32(16-9-10-17-32)30(39)38(28)20-22-14-15-24(23(18-22)21-43-5-2)25-11-7-8-12-27(25)44(40,41)37-29-26(42-3)19-34-31(33)35-29/h7-8,11-12,14-15,18-19H,4-6,9-10,13,16-17,20-21H2,1-3H3,(H,34,35,37). The molecule has 1 spiro atoms. The highest BCUT2D eigenvalue weighted by molar-refractivity contribution is 7.92. The van der Waals surface area contributed by atoms with Crippen LogP contribution in [0.1, 0.15) is 69.9 Å². The third-order valence-electron chi connectivity index (χ3n) is 8.10. The number of amidine groups is 1. The van der Waals surface area contributed by atoms with E-state index in [0.29, 0.717) is 24.3 Å². The predicted octanol–water partition coefficient (Wildman–Crippen LogP) is 6.39. The van der Waals surface area contributed by atoms with E-state index in [1.54, 1.807) is 18.2 Å². The molecular formula is C32H38ClN5O5S. The number of amides is 1. The molecule has 2 aliphatic rings. The number of anilines is 1. The van der Waals surface area contributed by atoms with Gasteiger partial charge in [0.25, 0.3) is 15.9 Å². The van der Waals surface area contributed by atoms with E-state index in [1.165, 1.54) is 19.4 Å². The van der Waals surface area contributed by atoms with E-state index >= 15 is 0 Å². The molecule has 1 amide bonds. The maximum absolute atomic E-state index is 13.7. The van der Waals surface area contributed by atoms with E-state index in [2.05, 4.69) is 21.6 Å². The maximum atomic E-state index is 13.7. The van der Waals surface area contributed by atoms with Crippen molar-refractivity contribution >= 4 is 39.2 Å². The zero-order valence-electron chi connectivity index (χ0n) is 25.3. The fraction of sp³-hybridized carbons (Fsp3) is 0.438. The highest BCUT2D eigenvalue weighted by Gasteiger charge is 2.49. The summed E-state index contributed by atoms with van der Waals surface area (Å²) in [5.41, 5.74) is 2.33. The molecule has 1 aliphatic carbocycles. The van der Waals surface area contributed by atoms with Crippen LogP contribution in [0.3, 0.4) is 0 Å². The Balaban J connectivity index is 1.49. The quantitative estimate of drug-likeness (QED) is 0.215. The topological polar surface area (TPSA) is 123 Å². The molecule has 44 heavy (non-hydrogen) atoms. The lowest BCUT2D eigenvalue weighted by atomic mass is 9.96. The number of aromatic nitrogens is 2. The number of carbonyl (C=O) groups excluding carboxylic acids is 1. The average molecular weight is 640 g/mol. The zero-order valence-corrected chi connectivity index (χ0v) is 26.9. The Kier molecular flexibility index (Phi) is 9.87. The first kappa shape index (κ1) is 31.9. The maximum Gasteiger partial charge on any atom is 0.263 e. The van der Waals surface area contributed by atoms with Gasteiger partial charge in [0.2, 0.25) is 5.28 Å². The number of methoxy groups -OCH3 is 1. The molecule has 0 bridgehead atoms. The molecule has 3 aromatic rings. The molecule has 0 unspecified atom stereocenters. The summed E-state index contributed by atoms with van der Waals surface area (Å²) in [4.78, 5) is 28.5. The van der Waals surface area contributed by atoms with Gasteiger partial charge in [-0.1, -0.05) is 62.6 Å². The van der Waals surface area contributed by atoms with E-state index in [0.717, 1.165) is 61.9 Å². The summed E-state index contributed by atoms with van der Waals surface area (Å²) in [7, 11) is -2.74. The largest absolute Gasteiger partial charge is 0.491 e. The molecule has 234 valence electrons. The van der Waals surface area contributed by atoms with Gasteiger partial charge in [0, 0.05) is 18.6 Å². The third-order valence-corrected chi connectivity index (χ3v) is 9.68. The normalized spacial score (nSPS) is 16.0. The van der Waals surface area contributed by atoms with Crippen LogP contribution in [0.4, 0.5) is 5.82 Å². The minimum absolute atomic E-state index is 0.0502. The SMILES string of the molecule is CCCCC1=NC2(CCCC2)C(=O)N1Cc1ccc(-c2ccccc2S(=O)(=O)Nc2nc(Cl)ncc2OC)c(COCC)c1. The van der Waals surface area contributed by atoms with Crippen LogP contribution >= 0.6 is 11.6 Å². The van der Waals surface area contributed by atoms with Crippen LogP contribution in [-0.2, 0) is 32.7 Å². The molecule has 1 aliphatic heterocycles. The van der Waals surface area contributed by atoms with Crippen molar-refractivity contribution in [3.05, 3.63) is 65.1 Å². The summed E-state index contributed by atoms with van der Waals surface area (Å²) in [6, 6.07) is 12.6. The van der Waals surface area contributed by atoms with E-state index in [4.69, 9.17) is 26.1 Å². The summed E-state index contributed by atoms with van der Waals surface area (Å²) >= 11 is 5.94. The lowest BCUT2D eigenvalue weighted by molar-refractivity contribution is -0.131. The molecule has 2 heterocycles. The molecule has 1 N–H and O–H groups in total. The molecule has 10 nitrogen and oxygen atoms in total. The number of hydrogen-bond donors (Lipinski definition) is 1. The van der Waals surface area contributed by atoms with Gasteiger partial charge in [-0.05, 0) is 60.5 Å². The van der Waals surface area contributed by atoms with Crippen molar-refractivity contribution < 1.29 is 22.7 Å². The van der Waals surface area contributed by atoms with Gasteiger partial charge >= 0.3 is 0 Å². The highest BCUT2D eigenvalue weighted by atomic mass is 35.5. The number of benzene rings is 2. The second-order valence-electron chi connectivity index (χ2n) is 11.0. The second-order valence-corrected chi connectivity index (χ2v) is 13.0. The molecule has 5 rings (SSSR count). The minimum Gasteiger partial charge on any atom is -0.491 e. The third kappa shape index (κ3) is 6.60. The van der Waals surface area contributed by atoms with Gasteiger partial charge in [0.15, 0.2) is 11.6 Å². The van der Waals surface area contributed by atoms with Crippen molar-refractivity contribution in [2.24, 2.45) is 4.99 Å². The molecule has 0 saturated heterocycles. The van der Waals surface area contributed by atoms with E-state index in [-0.39, 0.29) is 34.3 Å². The van der Waals surface area contributed by atoms with Gasteiger partial charge in [-0.3, -0.25) is 19.4 Å². The number of sulfonamides is 1. The molecule has 0 atom stereocenters. The number of nitrogens with zero attached hydrogens (tertiary/aromatic N) is 4. The fourth-order valence-electron chi connectivity index (χ4n) is 5.90. The van der Waals surface area contributed by atoms with Crippen LogP contribution in [0, 0.1) is 0 Å². The van der Waals surface area contributed by atoms with Crippen LogP contribution in [0.15, 0.2) is 58.5 Å². The highest BCUT2D eigenvalue weighted by Crippen LogP contribution is 2.40. The minimum atomic E-state index is -4.13. The smallest absolute Gasteiger partial charge is 0.263 e. The Labute approximate surface area is 263 Å². The van der Waals surface area contributed by atoms with Crippen molar-refractivity contribution in [2.75, 3.05) is 18.4 Å². The van der Waals surface area contributed by atoms with Gasteiger partial charge in [0.05, 0.1) is 31.4 Å². The van der Waals surface area contributed by atoms with E-state index in [1.807, 2.05) is 30.0 Å². The number of ether oxygens (including phenoxy) is 2. The second kappa shape index (κ2) is 13.6. The van der Waals surface area contributed by atoms with Crippen LogP contribution in [-0.4, -0.2) is 54.3 Å². The molecule has 1 saturated carbocycles. The van der Waals surface area contributed by atoms with E-state index in [9.17, 15) is 13.2 Å². The van der Waals surface area contributed by atoms with Crippen LogP contribution in [0.25, 0.3) is 11.1 Å². The molecule has 12 heteroatoms. The number of halogens is 1. The van der Waals surface area contributed by atoms with Crippen LogP contribution < -0.4 is 9.46 Å². The summed E-state index contributed by atoms with van der Waals surface area (Å²) in [6.45, 7) is 5.20. The van der Waals surface area contributed by atoms with Crippen molar-refractivity contribution in [1.82, 2.24) is 14.9 Å². The van der Waals surface area contributed by atoms with Gasteiger partial charge in [-0.15, -0.1) is 0 Å². The molecule has 2 aromatic carbocycles. The van der Waals surface area contributed by atoms with Crippen molar-refractivity contribution in [1.29, 1.82) is 0 Å². The molecular weight excluding hydrogens is 602 g/mol. The lowest BCUT2D eigenvalue weighted by Gasteiger charge is -2.23. The molecule has 1 fully saturated rings. The Hall–Kier alpha value is -3.54. The van der Waals surface area contributed by atoms with E-state index < -0.39 is 15.6 Å². The number of nitrogens with one attached hydrogen (secondary N) is 1. The van der Waals surface area contributed by atoms with Gasteiger partial charge in [-0.2, -0.15) is 4.98 Å². The summed E-state index contributed by atoms with van der Waals surface area (Å²) in [6.07, 6.45) is 7.72.